The molecule has 0 bridgehead atoms. The highest BCUT2D eigenvalue weighted by atomic mass is 16.5. The first-order chi connectivity index (χ1) is 15.6. The molecule has 0 unspecified atom stereocenters. The highest BCUT2D eigenvalue weighted by molar-refractivity contribution is 5.94. The molecule has 3 aromatic rings. The van der Waals surface area contributed by atoms with Gasteiger partial charge in [-0.15, -0.1) is 0 Å². The van der Waals surface area contributed by atoms with Crippen LogP contribution in [0.1, 0.15) is 62.3 Å². The maximum atomic E-state index is 13.6. The smallest absolute Gasteiger partial charge is 0.261 e. The van der Waals surface area contributed by atoms with Crippen LogP contribution in [0.5, 0.6) is 5.75 Å². The van der Waals surface area contributed by atoms with Gasteiger partial charge < -0.3 is 10.1 Å². The molecule has 1 heterocycles. The molecule has 0 spiro atoms. The fraction of sp³-hybridized carbons (Fsp3) is 0.423. The number of hydrogen-bond acceptors (Lipinski definition) is 4. The number of ether oxygens (including phenoxy) is 1. The van der Waals surface area contributed by atoms with E-state index in [0.717, 1.165) is 55.7 Å². The standard InChI is InChI=1S/C26H29N3O3/c1-32-21-9-5-6-17(14-21)16-29-24(18-10-11-18)28-23-13-12-20(15-22(23)26(29)31)27-25(30)19-7-3-2-4-8-19/h5-6,9,12-15,18-19H,2-4,7-8,10-11,16H2,1H3,(H,27,30). The zero-order chi connectivity index (χ0) is 22.1. The van der Waals surface area contributed by atoms with Gasteiger partial charge in [-0.2, -0.15) is 0 Å². The lowest BCUT2D eigenvalue weighted by atomic mass is 9.88. The van der Waals surface area contributed by atoms with E-state index in [1.165, 1.54) is 6.42 Å². The molecular formula is C26H29N3O3. The number of amides is 1. The number of anilines is 1. The van der Waals surface area contributed by atoms with E-state index in [9.17, 15) is 9.59 Å². The summed E-state index contributed by atoms with van der Waals surface area (Å²) < 4.78 is 7.14. The van der Waals surface area contributed by atoms with Crippen LogP contribution in [0.4, 0.5) is 5.69 Å². The predicted octanol–water partition coefficient (Wildman–Crippen LogP) is 4.85. The number of carbonyl (C=O) groups is 1. The minimum absolute atomic E-state index is 0.0586. The second-order valence-electron chi connectivity index (χ2n) is 9.04. The summed E-state index contributed by atoms with van der Waals surface area (Å²) in [5.41, 5.74) is 2.29. The number of nitrogens with one attached hydrogen (secondary N) is 1. The van der Waals surface area contributed by atoms with Crippen molar-refractivity contribution in [2.24, 2.45) is 5.92 Å². The third kappa shape index (κ3) is 4.27. The molecule has 2 fully saturated rings. The molecule has 2 aliphatic rings. The summed E-state index contributed by atoms with van der Waals surface area (Å²) in [7, 11) is 1.64. The summed E-state index contributed by atoms with van der Waals surface area (Å²) >= 11 is 0. The van der Waals surface area contributed by atoms with Crippen LogP contribution < -0.4 is 15.6 Å². The van der Waals surface area contributed by atoms with Gasteiger partial charge in [0, 0.05) is 17.5 Å². The van der Waals surface area contributed by atoms with E-state index in [2.05, 4.69) is 5.32 Å². The number of methoxy groups -OCH3 is 1. The van der Waals surface area contributed by atoms with Gasteiger partial charge in [-0.05, 0) is 61.6 Å². The number of hydrogen-bond donors (Lipinski definition) is 1. The van der Waals surface area contributed by atoms with Crippen LogP contribution in [0.15, 0.2) is 47.3 Å². The van der Waals surface area contributed by atoms with E-state index in [4.69, 9.17) is 9.72 Å². The Bertz CT molecular complexity index is 1210. The van der Waals surface area contributed by atoms with Gasteiger partial charge in [0.2, 0.25) is 5.91 Å². The van der Waals surface area contributed by atoms with Crippen molar-refractivity contribution in [3.63, 3.8) is 0 Å². The molecule has 6 heteroatoms. The molecule has 6 nitrogen and oxygen atoms in total. The molecule has 2 aromatic carbocycles. The summed E-state index contributed by atoms with van der Waals surface area (Å²) in [5.74, 6) is 2.08. The van der Waals surface area contributed by atoms with E-state index in [-0.39, 0.29) is 17.4 Å². The zero-order valence-corrected chi connectivity index (χ0v) is 18.5. The van der Waals surface area contributed by atoms with Crippen LogP contribution >= 0.6 is 0 Å². The Balaban J connectivity index is 1.49. The molecule has 32 heavy (non-hydrogen) atoms. The van der Waals surface area contributed by atoms with Gasteiger partial charge in [0.05, 0.1) is 24.6 Å². The van der Waals surface area contributed by atoms with Crippen molar-refractivity contribution in [3.8, 4) is 5.75 Å². The molecule has 0 aliphatic heterocycles. The average Bonchev–Trinajstić information content (AvgIpc) is 3.67. The molecule has 1 aromatic heterocycles. The van der Waals surface area contributed by atoms with Crippen LogP contribution in [0, 0.1) is 5.92 Å². The van der Waals surface area contributed by atoms with Crippen molar-refractivity contribution in [1.29, 1.82) is 0 Å². The van der Waals surface area contributed by atoms with Crippen LogP contribution in [-0.2, 0) is 11.3 Å². The summed E-state index contributed by atoms with van der Waals surface area (Å²) in [6.45, 7) is 0.448. The first-order valence-corrected chi connectivity index (χ1v) is 11.6. The van der Waals surface area contributed by atoms with Crippen LogP contribution in [-0.4, -0.2) is 22.6 Å². The molecule has 1 N–H and O–H groups in total. The molecule has 166 valence electrons. The average molecular weight is 432 g/mol. The Kier molecular flexibility index (Phi) is 5.68. The van der Waals surface area contributed by atoms with Crippen molar-refractivity contribution < 1.29 is 9.53 Å². The molecule has 0 radical (unpaired) electrons. The second-order valence-corrected chi connectivity index (χ2v) is 9.04. The van der Waals surface area contributed by atoms with E-state index >= 15 is 0 Å². The first-order valence-electron chi connectivity index (χ1n) is 11.6. The third-order valence-corrected chi connectivity index (χ3v) is 6.64. The van der Waals surface area contributed by atoms with Gasteiger partial charge in [-0.25, -0.2) is 4.98 Å². The first kappa shape index (κ1) is 20.7. The predicted molar refractivity (Wildman–Crippen MR) is 125 cm³/mol. The Morgan fingerprint density at radius 3 is 2.66 bits per heavy atom. The number of fused-ring (bicyclic) bond motifs is 1. The highest BCUT2D eigenvalue weighted by Gasteiger charge is 2.29. The van der Waals surface area contributed by atoms with Crippen molar-refractivity contribution in [2.75, 3.05) is 12.4 Å². The van der Waals surface area contributed by atoms with Gasteiger partial charge in [0.25, 0.3) is 5.56 Å². The van der Waals surface area contributed by atoms with Crippen molar-refractivity contribution >= 4 is 22.5 Å². The van der Waals surface area contributed by atoms with Crippen molar-refractivity contribution in [1.82, 2.24) is 9.55 Å². The van der Waals surface area contributed by atoms with Crippen LogP contribution in [0.25, 0.3) is 10.9 Å². The monoisotopic (exact) mass is 431 g/mol. The summed E-state index contributed by atoms with van der Waals surface area (Å²) in [6, 6.07) is 13.3. The SMILES string of the molecule is COc1cccc(Cn2c(C3CC3)nc3ccc(NC(=O)C4CCCCC4)cc3c2=O)c1. The van der Waals surface area contributed by atoms with Gasteiger partial charge in [0.1, 0.15) is 11.6 Å². The Morgan fingerprint density at radius 2 is 1.91 bits per heavy atom. The Hall–Kier alpha value is -3.15. The van der Waals surface area contributed by atoms with Crippen LogP contribution in [0.2, 0.25) is 0 Å². The van der Waals surface area contributed by atoms with Gasteiger partial charge in [-0.3, -0.25) is 14.2 Å². The van der Waals surface area contributed by atoms with Crippen molar-refractivity contribution in [3.05, 3.63) is 64.2 Å². The molecular weight excluding hydrogens is 402 g/mol. The Morgan fingerprint density at radius 1 is 1.09 bits per heavy atom. The fourth-order valence-corrected chi connectivity index (χ4v) is 4.68. The van der Waals surface area contributed by atoms with Gasteiger partial charge in [-0.1, -0.05) is 31.4 Å². The molecule has 2 saturated carbocycles. The van der Waals surface area contributed by atoms with Gasteiger partial charge in [0.15, 0.2) is 0 Å². The lowest BCUT2D eigenvalue weighted by Crippen LogP contribution is -2.27. The maximum Gasteiger partial charge on any atom is 0.261 e. The number of carbonyl (C=O) groups excluding carboxylic acids is 1. The van der Waals surface area contributed by atoms with E-state index in [1.54, 1.807) is 17.7 Å². The topological polar surface area (TPSA) is 73.2 Å². The second kappa shape index (κ2) is 8.77. The molecule has 2 aliphatic carbocycles. The number of nitrogens with zero attached hydrogens (tertiary/aromatic N) is 2. The van der Waals surface area contributed by atoms with E-state index in [0.29, 0.717) is 29.1 Å². The van der Waals surface area contributed by atoms with Gasteiger partial charge >= 0.3 is 0 Å². The zero-order valence-electron chi connectivity index (χ0n) is 18.5. The fourth-order valence-electron chi connectivity index (χ4n) is 4.68. The largest absolute Gasteiger partial charge is 0.497 e. The summed E-state index contributed by atoms with van der Waals surface area (Å²) in [5, 5.41) is 3.57. The molecule has 1 amide bonds. The lowest BCUT2D eigenvalue weighted by molar-refractivity contribution is -0.120. The summed E-state index contributed by atoms with van der Waals surface area (Å²) in [6.07, 6.45) is 7.44. The number of benzene rings is 2. The van der Waals surface area contributed by atoms with Crippen molar-refractivity contribution in [2.45, 2.75) is 57.4 Å². The normalized spacial score (nSPS) is 16.8. The Labute approximate surface area is 187 Å². The summed E-state index contributed by atoms with van der Waals surface area (Å²) in [4.78, 5) is 31.1. The minimum atomic E-state index is -0.0616. The van der Waals surface area contributed by atoms with E-state index in [1.807, 2.05) is 36.4 Å². The third-order valence-electron chi connectivity index (χ3n) is 6.64. The highest BCUT2D eigenvalue weighted by Crippen LogP contribution is 2.39. The number of rotatable bonds is 6. The molecule has 0 saturated heterocycles. The quantitative estimate of drug-likeness (QED) is 0.606. The molecule has 5 rings (SSSR count). The minimum Gasteiger partial charge on any atom is -0.497 e. The number of aromatic nitrogens is 2. The van der Waals surface area contributed by atoms with E-state index < -0.39 is 0 Å². The lowest BCUT2D eigenvalue weighted by Gasteiger charge is -2.21. The maximum absolute atomic E-state index is 13.6. The van der Waals surface area contributed by atoms with Crippen LogP contribution in [0.3, 0.4) is 0 Å². The molecule has 0 atom stereocenters.